The van der Waals surface area contributed by atoms with Crippen LogP contribution in [0.4, 0.5) is 0 Å². The standard InChI is InChI=1S/C68H111NO11/c1-8-10-12-14-16-18-20-22-24-26-28-30-32-34-57(70)76-49-53(50-77-58(71)35-33-31-29-27-25-23-21-19-17-15-13-11-9-2)78-59(72)40-41-60(73)79-54-39-38-52-46-56-66-42-43-68(75-7,55(47-66)65(6,74)64(3,4)5)63-67(66,61(52)62(54)80-63)44-45-69(56)48-51-36-37-51/h38-39,51,53,55-56,63,74H,8-37,40-50H2,1-7H3/t55-,56?,63-,65+,66-,67+,68+/m1/s1. The molecular weight excluding hydrogens is 1010 g/mol. The molecule has 2 aliphatic heterocycles. The van der Waals surface area contributed by atoms with E-state index in [2.05, 4.69) is 45.6 Å². The van der Waals surface area contributed by atoms with Crippen molar-refractivity contribution in [1.82, 2.24) is 4.90 Å². The molecule has 454 valence electrons. The molecule has 1 unspecified atom stereocenters. The molecule has 2 heterocycles. The molecule has 4 saturated carbocycles. The molecule has 1 aromatic carbocycles. The normalized spacial score (nSPS) is 25.2. The highest BCUT2D eigenvalue weighted by Crippen LogP contribution is 2.78. The van der Waals surface area contributed by atoms with Gasteiger partial charge in [-0.05, 0) is 94.2 Å². The van der Waals surface area contributed by atoms with Crippen molar-refractivity contribution < 1.29 is 52.7 Å². The zero-order chi connectivity index (χ0) is 57.2. The number of benzene rings is 1. The van der Waals surface area contributed by atoms with Crippen molar-refractivity contribution in [3.05, 3.63) is 23.3 Å². The van der Waals surface area contributed by atoms with Gasteiger partial charge in [0.2, 0.25) is 0 Å². The number of likely N-dealkylation sites (tertiary alicyclic amines) is 1. The van der Waals surface area contributed by atoms with Gasteiger partial charge in [-0.2, -0.15) is 0 Å². The number of nitrogens with zero attached hydrogens (tertiary/aromatic N) is 1. The Morgan fingerprint density at radius 2 is 1.15 bits per heavy atom. The maximum atomic E-state index is 13.9. The number of methoxy groups -OCH3 is 1. The Morgan fingerprint density at radius 1 is 0.650 bits per heavy atom. The van der Waals surface area contributed by atoms with Crippen molar-refractivity contribution in [2.45, 2.75) is 314 Å². The average Bonchev–Trinajstić information content (AvgIpc) is 4.10. The minimum atomic E-state index is -1.06. The summed E-state index contributed by atoms with van der Waals surface area (Å²) in [6.07, 6.45) is 37.1. The summed E-state index contributed by atoms with van der Waals surface area (Å²) in [6, 6.07) is 4.29. The summed E-state index contributed by atoms with van der Waals surface area (Å²) in [5.41, 5.74) is -0.389. The van der Waals surface area contributed by atoms with Crippen LogP contribution in [0.1, 0.15) is 284 Å². The largest absolute Gasteiger partial charge is 0.482 e. The van der Waals surface area contributed by atoms with Crippen LogP contribution in [0.15, 0.2) is 12.1 Å². The molecule has 2 spiro atoms. The lowest BCUT2D eigenvalue weighted by Crippen LogP contribution is -2.83. The van der Waals surface area contributed by atoms with Gasteiger partial charge in [-0.3, -0.25) is 24.1 Å². The Morgan fingerprint density at radius 3 is 1.64 bits per heavy atom. The third-order valence-corrected chi connectivity index (χ3v) is 20.7. The second kappa shape index (κ2) is 30.5. The minimum Gasteiger partial charge on any atom is -0.482 e. The molecule has 7 aliphatic rings. The van der Waals surface area contributed by atoms with E-state index in [1.54, 1.807) is 7.11 Å². The van der Waals surface area contributed by atoms with Gasteiger partial charge >= 0.3 is 23.9 Å². The van der Waals surface area contributed by atoms with Crippen LogP contribution >= 0.6 is 0 Å². The Balaban J connectivity index is 0.917. The maximum absolute atomic E-state index is 13.9. The number of rotatable bonds is 41. The quantitative estimate of drug-likeness (QED) is 0.0288. The Labute approximate surface area is 484 Å². The third-order valence-electron chi connectivity index (χ3n) is 20.7. The van der Waals surface area contributed by atoms with Gasteiger partial charge < -0.3 is 33.5 Å². The molecule has 1 aromatic rings. The summed E-state index contributed by atoms with van der Waals surface area (Å²) in [4.78, 5) is 56.1. The fourth-order valence-corrected chi connectivity index (χ4v) is 15.5. The van der Waals surface area contributed by atoms with Gasteiger partial charge in [0.1, 0.15) is 24.9 Å². The summed E-state index contributed by atoms with van der Waals surface area (Å²) in [7, 11) is 1.79. The molecule has 12 heteroatoms. The first kappa shape index (κ1) is 64.3. The number of unbranched alkanes of at least 4 members (excludes halogenated alkanes) is 24. The average molecular weight is 1120 g/mol. The van der Waals surface area contributed by atoms with E-state index < -0.39 is 34.7 Å². The first-order chi connectivity index (χ1) is 38.6. The highest BCUT2D eigenvalue weighted by atomic mass is 16.6. The summed E-state index contributed by atoms with van der Waals surface area (Å²) in [5.74, 6) is -0.521. The second-order valence-corrected chi connectivity index (χ2v) is 27.2. The summed E-state index contributed by atoms with van der Waals surface area (Å²) < 4.78 is 37.3. The van der Waals surface area contributed by atoms with Crippen LogP contribution in [0.25, 0.3) is 0 Å². The van der Waals surface area contributed by atoms with Gasteiger partial charge in [-0.15, -0.1) is 0 Å². The molecule has 8 rings (SSSR count). The predicted octanol–water partition coefficient (Wildman–Crippen LogP) is 15.4. The smallest absolute Gasteiger partial charge is 0.311 e. The number of fused-ring (bicyclic) bond motifs is 2. The van der Waals surface area contributed by atoms with E-state index in [9.17, 15) is 24.3 Å². The first-order valence-corrected chi connectivity index (χ1v) is 33.1. The van der Waals surface area contributed by atoms with Crippen LogP contribution in [-0.4, -0.2) is 96.7 Å². The zero-order valence-electron chi connectivity index (χ0n) is 51.5. The van der Waals surface area contributed by atoms with E-state index in [-0.39, 0.29) is 73.7 Å². The Bertz CT molecular complexity index is 2070. The summed E-state index contributed by atoms with van der Waals surface area (Å²) in [5, 5.41) is 12.7. The summed E-state index contributed by atoms with van der Waals surface area (Å²) >= 11 is 0. The molecule has 0 aromatic heterocycles. The van der Waals surface area contributed by atoms with Crippen molar-refractivity contribution >= 4 is 23.9 Å². The molecule has 1 N–H and O–H groups in total. The lowest BCUT2D eigenvalue weighted by atomic mass is 9.33. The third kappa shape index (κ3) is 15.7. The highest BCUT2D eigenvalue weighted by Gasteiger charge is 2.82. The number of ether oxygens (including phenoxy) is 6. The number of carbonyl (C=O) groups is 4. The van der Waals surface area contributed by atoms with Gasteiger partial charge in [-0.1, -0.05) is 195 Å². The topological polar surface area (TPSA) is 147 Å². The van der Waals surface area contributed by atoms with Gasteiger partial charge in [-0.25, -0.2) is 0 Å². The van der Waals surface area contributed by atoms with E-state index >= 15 is 0 Å². The Hall–Kier alpha value is -3.22. The van der Waals surface area contributed by atoms with Gasteiger partial charge in [0, 0.05) is 54.8 Å². The van der Waals surface area contributed by atoms with Crippen LogP contribution < -0.4 is 9.47 Å². The molecule has 4 bridgehead atoms. The van der Waals surface area contributed by atoms with E-state index in [0.29, 0.717) is 17.5 Å². The molecule has 7 atom stereocenters. The fourth-order valence-electron chi connectivity index (χ4n) is 15.5. The minimum absolute atomic E-state index is 0.160. The van der Waals surface area contributed by atoms with Crippen molar-refractivity contribution in [2.75, 3.05) is 33.4 Å². The molecule has 1 saturated heterocycles. The number of hydrogen-bond donors (Lipinski definition) is 1. The van der Waals surface area contributed by atoms with Crippen LogP contribution in [0.3, 0.4) is 0 Å². The van der Waals surface area contributed by atoms with Gasteiger partial charge in [0.05, 0.1) is 18.4 Å². The predicted molar refractivity (Wildman–Crippen MR) is 316 cm³/mol. The number of piperidine rings is 1. The van der Waals surface area contributed by atoms with Crippen molar-refractivity contribution in [2.24, 2.45) is 22.7 Å². The summed E-state index contributed by atoms with van der Waals surface area (Å²) in [6.45, 7) is 14.5. The first-order valence-electron chi connectivity index (χ1n) is 33.1. The number of esters is 4. The van der Waals surface area contributed by atoms with Crippen LogP contribution in [0.2, 0.25) is 0 Å². The molecular formula is C68H111NO11. The van der Waals surface area contributed by atoms with Gasteiger partial charge in [0.25, 0.3) is 0 Å². The van der Waals surface area contributed by atoms with Crippen molar-refractivity contribution in [1.29, 1.82) is 0 Å². The van der Waals surface area contributed by atoms with E-state index in [1.165, 1.54) is 147 Å². The Kier molecular flexibility index (Phi) is 24.6. The lowest BCUT2D eigenvalue weighted by Gasteiger charge is -2.75. The van der Waals surface area contributed by atoms with E-state index in [0.717, 1.165) is 95.2 Å². The fraction of sp³-hybridized carbons (Fsp3) is 0.853. The molecule has 80 heavy (non-hydrogen) atoms. The molecule has 12 nitrogen and oxygen atoms in total. The highest BCUT2D eigenvalue weighted by molar-refractivity contribution is 5.80. The van der Waals surface area contributed by atoms with Crippen molar-refractivity contribution in [3.8, 4) is 11.5 Å². The van der Waals surface area contributed by atoms with E-state index in [4.69, 9.17) is 28.4 Å². The molecule has 0 radical (unpaired) electrons. The number of carbonyl (C=O) groups excluding carboxylic acids is 4. The lowest BCUT2D eigenvalue weighted by molar-refractivity contribution is -0.312. The SMILES string of the molecule is CCCCCCCCCCCCCCCC(=O)OCC(COC(=O)CCCCCCCCCCCCCCC)OC(=O)CCC(=O)Oc1ccc2c3c1O[C@H]1[C@]4(OC)CC[C@@]5(C[C@@H]4[C@](C)(O)C(C)(C)C)C(C2)N(CC2CC2)CC[C@]315. The van der Waals surface area contributed by atoms with E-state index in [1.807, 2.05) is 13.0 Å². The van der Waals surface area contributed by atoms with Crippen LogP contribution in [-0.2, 0) is 50.0 Å². The molecule has 5 aliphatic carbocycles. The van der Waals surface area contributed by atoms with Crippen molar-refractivity contribution in [3.63, 3.8) is 0 Å². The van der Waals surface area contributed by atoms with Crippen LogP contribution in [0.5, 0.6) is 11.5 Å². The zero-order valence-corrected chi connectivity index (χ0v) is 51.5. The second-order valence-electron chi connectivity index (χ2n) is 27.2. The monoisotopic (exact) mass is 1120 g/mol. The number of aliphatic hydroxyl groups is 1. The van der Waals surface area contributed by atoms with Gasteiger partial charge in [0.15, 0.2) is 17.6 Å². The number of hydrogen-bond acceptors (Lipinski definition) is 12. The van der Waals surface area contributed by atoms with Crippen LogP contribution in [0, 0.1) is 22.7 Å². The maximum Gasteiger partial charge on any atom is 0.311 e. The molecule has 0 amide bonds. The molecule has 5 fully saturated rings.